The summed E-state index contributed by atoms with van der Waals surface area (Å²) >= 11 is 0. The minimum atomic E-state index is 0.218. The lowest BCUT2D eigenvalue weighted by Gasteiger charge is -2.48. The van der Waals surface area contributed by atoms with Gasteiger partial charge in [-0.3, -0.25) is 4.90 Å². The van der Waals surface area contributed by atoms with Crippen molar-refractivity contribution in [2.45, 2.75) is 45.1 Å². The molecule has 0 amide bonds. The van der Waals surface area contributed by atoms with Crippen molar-refractivity contribution in [2.24, 2.45) is 5.92 Å². The normalized spacial score (nSPS) is 23.4. The molecule has 19 heavy (non-hydrogen) atoms. The minimum Gasteiger partial charge on any atom is -0.396 e. The van der Waals surface area contributed by atoms with Crippen molar-refractivity contribution < 1.29 is 5.11 Å². The first-order chi connectivity index (χ1) is 9.14. The second kappa shape index (κ2) is 6.53. The first-order valence-corrected chi connectivity index (χ1v) is 7.54. The van der Waals surface area contributed by atoms with Gasteiger partial charge < -0.3 is 5.11 Å². The number of aliphatic hydroxyl groups is 1. The van der Waals surface area contributed by atoms with Crippen LogP contribution in [0.15, 0.2) is 30.3 Å². The highest BCUT2D eigenvalue weighted by Gasteiger charge is 2.37. The Hall–Kier alpha value is -0.860. The molecule has 2 rings (SSSR count). The van der Waals surface area contributed by atoms with E-state index in [1.54, 1.807) is 0 Å². The Labute approximate surface area is 117 Å². The molecule has 0 radical (unpaired) electrons. The third-order valence-electron chi connectivity index (χ3n) is 4.79. The van der Waals surface area contributed by atoms with E-state index in [0.29, 0.717) is 12.5 Å². The van der Waals surface area contributed by atoms with Gasteiger partial charge >= 0.3 is 0 Å². The van der Waals surface area contributed by atoms with E-state index in [1.807, 2.05) is 0 Å². The van der Waals surface area contributed by atoms with Crippen molar-refractivity contribution in [1.82, 2.24) is 4.90 Å². The van der Waals surface area contributed by atoms with Gasteiger partial charge in [-0.15, -0.1) is 0 Å². The third kappa shape index (κ3) is 3.58. The molecule has 1 aliphatic heterocycles. The Kier molecular flexibility index (Phi) is 5.00. The molecule has 1 N–H and O–H groups in total. The molecule has 0 aromatic heterocycles. The zero-order chi connectivity index (χ0) is 13.7. The number of benzene rings is 1. The first-order valence-electron chi connectivity index (χ1n) is 7.54. The van der Waals surface area contributed by atoms with Gasteiger partial charge in [-0.1, -0.05) is 30.3 Å². The summed E-state index contributed by atoms with van der Waals surface area (Å²) in [6.07, 6.45) is 4.59. The standard InChI is InChI=1S/C17H27NO/c1-17(2)16(11-14-19)9-6-12-18(17)13-10-15-7-4-3-5-8-15/h3-5,7-8,16,19H,6,9-14H2,1-2H3. The average molecular weight is 261 g/mol. The van der Waals surface area contributed by atoms with E-state index in [9.17, 15) is 5.11 Å². The lowest BCUT2D eigenvalue weighted by Crippen LogP contribution is -2.54. The van der Waals surface area contributed by atoms with Gasteiger partial charge in [0.15, 0.2) is 0 Å². The summed E-state index contributed by atoms with van der Waals surface area (Å²) in [4.78, 5) is 2.61. The Balaban J connectivity index is 1.95. The van der Waals surface area contributed by atoms with Crippen LogP contribution in [-0.2, 0) is 6.42 Å². The van der Waals surface area contributed by atoms with E-state index >= 15 is 0 Å². The van der Waals surface area contributed by atoms with E-state index < -0.39 is 0 Å². The van der Waals surface area contributed by atoms with Crippen molar-refractivity contribution in [1.29, 1.82) is 0 Å². The van der Waals surface area contributed by atoms with Gasteiger partial charge in [0, 0.05) is 18.7 Å². The number of piperidine rings is 1. The van der Waals surface area contributed by atoms with E-state index in [1.165, 1.54) is 24.9 Å². The summed E-state index contributed by atoms with van der Waals surface area (Å²) in [5.74, 6) is 0.627. The highest BCUT2D eigenvalue weighted by molar-refractivity contribution is 5.15. The molecule has 2 heteroatoms. The van der Waals surface area contributed by atoms with Crippen LogP contribution < -0.4 is 0 Å². The van der Waals surface area contributed by atoms with Crippen LogP contribution in [0.5, 0.6) is 0 Å². The predicted octanol–water partition coefficient (Wildman–Crippen LogP) is 3.10. The Bertz CT molecular complexity index is 372. The van der Waals surface area contributed by atoms with Gasteiger partial charge in [-0.2, -0.15) is 0 Å². The van der Waals surface area contributed by atoms with Gasteiger partial charge in [0.25, 0.3) is 0 Å². The molecule has 106 valence electrons. The molecule has 1 unspecified atom stereocenters. The van der Waals surface area contributed by atoms with Gasteiger partial charge in [-0.05, 0) is 57.6 Å². The van der Waals surface area contributed by atoms with E-state index in [4.69, 9.17) is 0 Å². The largest absolute Gasteiger partial charge is 0.396 e. The van der Waals surface area contributed by atoms with Crippen LogP contribution in [0.1, 0.15) is 38.7 Å². The summed E-state index contributed by atoms with van der Waals surface area (Å²) in [5.41, 5.74) is 1.64. The molecule has 0 spiro atoms. The molecule has 0 bridgehead atoms. The average Bonchev–Trinajstić information content (AvgIpc) is 2.41. The zero-order valence-corrected chi connectivity index (χ0v) is 12.3. The zero-order valence-electron chi connectivity index (χ0n) is 12.3. The Morgan fingerprint density at radius 1 is 1.26 bits per heavy atom. The van der Waals surface area contributed by atoms with E-state index in [0.717, 1.165) is 19.4 Å². The van der Waals surface area contributed by atoms with Crippen LogP contribution in [0, 0.1) is 5.92 Å². The predicted molar refractivity (Wildman–Crippen MR) is 80.2 cm³/mol. The number of hydrogen-bond donors (Lipinski definition) is 1. The smallest absolute Gasteiger partial charge is 0.0434 e. The van der Waals surface area contributed by atoms with Crippen LogP contribution in [0.3, 0.4) is 0 Å². The number of rotatable bonds is 5. The van der Waals surface area contributed by atoms with E-state index in [-0.39, 0.29) is 5.54 Å². The summed E-state index contributed by atoms with van der Waals surface area (Å²) in [5, 5.41) is 9.23. The lowest BCUT2D eigenvalue weighted by atomic mass is 9.77. The molecule has 1 atom stereocenters. The van der Waals surface area contributed by atoms with Crippen LogP contribution in [0.4, 0.5) is 0 Å². The van der Waals surface area contributed by atoms with Crippen molar-refractivity contribution >= 4 is 0 Å². The van der Waals surface area contributed by atoms with E-state index in [2.05, 4.69) is 49.1 Å². The molecule has 0 saturated carbocycles. The molecule has 1 saturated heterocycles. The molecule has 2 nitrogen and oxygen atoms in total. The number of aliphatic hydroxyl groups excluding tert-OH is 1. The van der Waals surface area contributed by atoms with Gasteiger partial charge in [0.05, 0.1) is 0 Å². The van der Waals surface area contributed by atoms with Crippen molar-refractivity contribution in [3.05, 3.63) is 35.9 Å². The van der Waals surface area contributed by atoms with Crippen molar-refractivity contribution in [3.8, 4) is 0 Å². The SMILES string of the molecule is CC1(C)C(CCO)CCCN1CCc1ccccc1. The fraction of sp³-hybridized carbons (Fsp3) is 0.647. The molecule has 1 aliphatic rings. The summed E-state index contributed by atoms with van der Waals surface area (Å²) < 4.78 is 0. The van der Waals surface area contributed by atoms with Gasteiger partial charge in [-0.25, -0.2) is 0 Å². The maximum absolute atomic E-state index is 9.23. The number of likely N-dealkylation sites (tertiary alicyclic amines) is 1. The van der Waals surface area contributed by atoms with Crippen LogP contribution in [-0.4, -0.2) is 35.2 Å². The maximum atomic E-state index is 9.23. The molecule has 1 aromatic rings. The molecule has 1 heterocycles. The Morgan fingerprint density at radius 3 is 2.68 bits per heavy atom. The number of nitrogens with zero attached hydrogens (tertiary/aromatic N) is 1. The first kappa shape index (κ1) is 14.5. The summed E-state index contributed by atoms with van der Waals surface area (Å²) in [7, 11) is 0. The topological polar surface area (TPSA) is 23.5 Å². The second-order valence-electron chi connectivity index (χ2n) is 6.23. The number of hydrogen-bond acceptors (Lipinski definition) is 2. The molecule has 1 fully saturated rings. The maximum Gasteiger partial charge on any atom is 0.0434 e. The highest BCUT2D eigenvalue weighted by atomic mass is 16.3. The van der Waals surface area contributed by atoms with Crippen LogP contribution >= 0.6 is 0 Å². The third-order valence-corrected chi connectivity index (χ3v) is 4.79. The Morgan fingerprint density at radius 2 is 2.00 bits per heavy atom. The van der Waals surface area contributed by atoms with Crippen molar-refractivity contribution in [2.75, 3.05) is 19.7 Å². The minimum absolute atomic E-state index is 0.218. The molecule has 0 aliphatic carbocycles. The second-order valence-corrected chi connectivity index (χ2v) is 6.23. The van der Waals surface area contributed by atoms with Gasteiger partial charge in [0.1, 0.15) is 0 Å². The summed E-state index contributed by atoms with van der Waals surface area (Å²) in [6.45, 7) is 7.33. The highest BCUT2D eigenvalue weighted by Crippen LogP contribution is 2.35. The fourth-order valence-electron chi connectivity index (χ4n) is 3.39. The molecule has 1 aromatic carbocycles. The van der Waals surface area contributed by atoms with Gasteiger partial charge in [0.2, 0.25) is 0 Å². The quantitative estimate of drug-likeness (QED) is 0.880. The monoisotopic (exact) mass is 261 g/mol. The van der Waals surface area contributed by atoms with Crippen LogP contribution in [0.25, 0.3) is 0 Å². The van der Waals surface area contributed by atoms with Crippen LogP contribution in [0.2, 0.25) is 0 Å². The molecular weight excluding hydrogens is 234 g/mol. The fourth-order valence-corrected chi connectivity index (χ4v) is 3.39. The summed E-state index contributed by atoms with van der Waals surface area (Å²) in [6, 6.07) is 10.7. The van der Waals surface area contributed by atoms with Crippen molar-refractivity contribution in [3.63, 3.8) is 0 Å². The lowest BCUT2D eigenvalue weighted by molar-refractivity contribution is 0.0118. The molecular formula is C17H27NO.